The molecule has 1 rings (SSSR count). The van der Waals surface area contributed by atoms with Crippen LogP contribution < -0.4 is 11.1 Å². The van der Waals surface area contributed by atoms with Crippen LogP contribution in [-0.2, 0) is 4.74 Å². The lowest BCUT2D eigenvalue weighted by Gasteiger charge is -2.03. The predicted octanol–water partition coefficient (Wildman–Crippen LogP) is 1.92. The maximum absolute atomic E-state index is 11.6. The molecule has 0 spiro atoms. The van der Waals surface area contributed by atoms with Crippen LogP contribution in [0.2, 0.25) is 0 Å². The van der Waals surface area contributed by atoms with Crippen LogP contribution in [0.1, 0.15) is 27.0 Å². The maximum Gasteiger partial charge on any atom is 0.343 e. The van der Waals surface area contributed by atoms with Gasteiger partial charge in [-0.25, -0.2) is 4.79 Å². The first-order valence-electron chi connectivity index (χ1n) is 4.89. The SMILES string of the molecule is C=CCNc1sc(C(C)=O)c(N)c1C(=O)OC. The van der Waals surface area contributed by atoms with E-state index in [2.05, 4.69) is 16.6 Å². The molecule has 6 heteroatoms. The average Bonchev–Trinajstić information content (AvgIpc) is 2.62. The number of nitrogens with one attached hydrogen (secondary N) is 1. The molecule has 0 saturated carbocycles. The number of Topliss-reactive ketones (excluding diaryl/α,β-unsaturated/α-hetero) is 1. The molecule has 0 fully saturated rings. The summed E-state index contributed by atoms with van der Waals surface area (Å²) < 4.78 is 4.64. The molecule has 3 N–H and O–H groups in total. The molecule has 5 nitrogen and oxygen atoms in total. The third-order valence-corrected chi connectivity index (χ3v) is 3.33. The van der Waals surface area contributed by atoms with Crippen molar-refractivity contribution in [3.8, 4) is 0 Å². The number of anilines is 2. The van der Waals surface area contributed by atoms with Gasteiger partial charge in [-0.15, -0.1) is 17.9 Å². The number of hydrogen-bond acceptors (Lipinski definition) is 6. The van der Waals surface area contributed by atoms with E-state index in [1.807, 2.05) is 0 Å². The summed E-state index contributed by atoms with van der Waals surface area (Å²) in [5, 5.41) is 3.49. The number of nitrogens with two attached hydrogens (primary N) is 1. The first kappa shape index (κ1) is 13.2. The predicted molar refractivity (Wildman–Crippen MR) is 68.8 cm³/mol. The van der Waals surface area contributed by atoms with Crippen LogP contribution in [0.25, 0.3) is 0 Å². The molecule has 0 aromatic carbocycles. The van der Waals surface area contributed by atoms with Gasteiger partial charge in [-0.2, -0.15) is 0 Å². The van der Waals surface area contributed by atoms with Gasteiger partial charge in [-0.05, 0) is 0 Å². The molecule has 17 heavy (non-hydrogen) atoms. The third-order valence-electron chi connectivity index (χ3n) is 2.06. The zero-order valence-electron chi connectivity index (χ0n) is 9.70. The van der Waals surface area contributed by atoms with Crippen molar-refractivity contribution >= 4 is 33.8 Å². The largest absolute Gasteiger partial charge is 0.465 e. The number of carbonyl (C=O) groups excluding carboxylic acids is 2. The van der Waals surface area contributed by atoms with Gasteiger partial charge in [0.15, 0.2) is 5.78 Å². The standard InChI is InChI=1S/C11H14N2O3S/c1-4-5-13-10-7(11(15)16-3)8(12)9(17-10)6(2)14/h4,13H,1,5,12H2,2-3H3. The monoisotopic (exact) mass is 254 g/mol. The van der Waals surface area contributed by atoms with Crippen LogP contribution in [0.15, 0.2) is 12.7 Å². The van der Waals surface area contributed by atoms with E-state index in [-0.39, 0.29) is 17.0 Å². The number of carbonyl (C=O) groups is 2. The van der Waals surface area contributed by atoms with E-state index >= 15 is 0 Å². The van der Waals surface area contributed by atoms with Crippen LogP contribution >= 0.6 is 11.3 Å². The van der Waals surface area contributed by atoms with Gasteiger partial charge in [-0.3, -0.25) is 4.79 Å². The highest BCUT2D eigenvalue weighted by Gasteiger charge is 2.24. The van der Waals surface area contributed by atoms with Crippen LogP contribution in [0, 0.1) is 0 Å². The van der Waals surface area contributed by atoms with Crippen molar-refractivity contribution in [3.05, 3.63) is 23.1 Å². The molecule has 0 aliphatic rings. The van der Waals surface area contributed by atoms with Gasteiger partial charge >= 0.3 is 5.97 Å². The minimum absolute atomic E-state index is 0.168. The Hall–Kier alpha value is -1.82. The number of esters is 1. The van der Waals surface area contributed by atoms with Gasteiger partial charge in [0.05, 0.1) is 17.7 Å². The lowest BCUT2D eigenvalue weighted by atomic mass is 10.2. The van der Waals surface area contributed by atoms with Crippen LogP contribution in [0.3, 0.4) is 0 Å². The van der Waals surface area contributed by atoms with Gasteiger partial charge in [0.2, 0.25) is 0 Å². The molecule has 0 radical (unpaired) electrons. The summed E-state index contributed by atoms with van der Waals surface area (Å²) in [7, 11) is 1.27. The zero-order chi connectivity index (χ0) is 13.0. The van der Waals surface area contributed by atoms with Crippen molar-refractivity contribution in [1.29, 1.82) is 0 Å². The highest BCUT2D eigenvalue weighted by Crippen LogP contribution is 2.36. The lowest BCUT2D eigenvalue weighted by molar-refractivity contribution is 0.0603. The highest BCUT2D eigenvalue weighted by molar-refractivity contribution is 7.19. The number of nitrogen functional groups attached to an aromatic ring is 1. The topological polar surface area (TPSA) is 81.4 Å². The Kier molecular flexibility index (Phi) is 4.28. The van der Waals surface area contributed by atoms with Crippen molar-refractivity contribution in [2.24, 2.45) is 0 Å². The fraction of sp³-hybridized carbons (Fsp3) is 0.273. The van der Waals surface area contributed by atoms with Gasteiger partial charge < -0.3 is 15.8 Å². The second kappa shape index (κ2) is 5.49. The minimum atomic E-state index is -0.558. The van der Waals surface area contributed by atoms with E-state index in [0.29, 0.717) is 16.4 Å². The summed E-state index contributed by atoms with van der Waals surface area (Å²) in [5.74, 6) is -0.734. The number of hydrogen-bond donors (Lipinski definition) is 2. The summed E-state index contributed by atoms with van der Waals surface area (Å²) >= 11 is 1.14. The number of rotatable bonds is 5. The van der Waals surface area contributed by atoms with Gasteiger partial charge in [0, 0.05) is 13.5 Å². The normalized spacial score (nSPS) is 9.76. The first-order chi connectivity index (χ1) is 8.02. The van der Waals surface area contributed by atoms with E-state index in [1.165, 1.54) is 14.0 Å². The molecular formula is C11H14N2O3S. The Morgan fingerprint density at radius 1 is 1.59 bits per heavy atom. The molecule has 1 aromatic heterocycles. The zero-order valence-corrected chi connectivity index (χ0v) is 10.5. The molecule has 0 bridgehead atoms. The van der Waals surface area contributed by atoms with Gasteiger partial charge in [0.25, 0.3) is 0 Å². The Balaban J connectivity index is 3.26. The second-order valence-electron chi connectivity index (χ2n) is 3.27. The number of thiophene rings is 1. The van der Waals surface area contributed by atoms with Crippen molar-refractivity contribution in [2.75, 3.05) is 24.7 Å². The Bertz CT molecular complexity index is 466. The van der Waals surface area contributed by atoms with Crippen LogP contribution in [0.4, 0.5) is 10.7 Å². The smallest absolute Gasteiger partial charge is 0.343 e. The Morgan fingerprint density at radius 3 is 2.71 bits per heavy atom. The minimum Gasteiger partial charge on any atom is -0.465 e. The van der Waals surface area contributed by atoms with Gasteiger partial charge in [-0.1, -0.05) is 6.08 Å². The summed E-state index contributed by atoms with van der Waals surface area (Å²) in [6, 6.07) is 0. The van der Waals surface area contributed by atoms with Crippen LogP contribution in [-0.4, -0.2) is 25.4 Å². The van der Waals surface area contributed by atoms with Crippen molar-refractivity contribution in [2.45, 2.75) is 6.92 Å². The highest BCUT2D eigenvalue weighted by atomic mass is 32.1. The van der Waals surface area contributed by atoms with Crippen molar-refractivity contribution < 1.29 is 14.3 Å². The molecule has 0 unspecified atom stereocenters. The quantitative estimate of drug-likeness (QED) is 0.476. The van der Waals surface area contributed by atoms with Crippen molar-refractivity contribution in [3.63, 3.8) is 0 Å². The molecule has 0 saturated heterocycles. The Morgan fingerprint density at radius 2 is 2.24 bits per heavy atom. The first-order valence-corrected chi connectivity index (χ1v) is 5.70. The summed E-state index contributed by atoms with van der Waals surface area (Å²) in [6.45, 7) is 5.44. The van der Waals surface area contributed by atoms with Crippen molar-refractivity contribution in [1.82, 2.24) is 0 Å². The Labute approximate surface area is 103 Å². The third kappa shape index (κ3) is 2.65. The molecular weight excluding hydrogens is 240 g/mol. The fourth-order valence-corrected chi connectivity index (χ4v) is 2.31. The fourth-order valence-electron chi connectivity index (χ4n) is 1.30. The second-order valence-corrected chi connectivity index (χ2v) is 4.29. The van der Waals surface area contributed by atoms with Gasteiger partial charge in [0.1, 0.15) is 10.6 Å². The van der Waals surface area contributed by atoms with E-state index in [4.69, 9.17) is 5.73 Å². The summed E-state index contributed by atoms with van der Waals surface area (Å²) in [6.07, 6.45) is 1.64. The number of methoxy groups -OCH3 is 1. The average molecular weight is 254 g/mol. The maximum atomic E-state index is 11.6. The van der Waals surface area contributed by atoms with E-state index in [0.717, 1.165) is 11.3 Å². The number of ether oxygens (including phenoxy) is 1. The molecule has 1 aromatic rings. The van der Waals surface area contributed by atoms with E-state index in [9.17, 15) is 9.59 Å². The summed E-state index contributed by atoms with van der Waals surface area (Å²) in [5.41, 5.74) is 6.16. The molecule has 0 atom stereocenters. The molecule has 1 heterocycles. The molecule has 0 aliphatic heterocycles. The van der Waals surface area contributed by atoms with E-state index < -0.39 is 5.97 Å². The molecule has 0 aliphatic carbocycles. The van der Waals surface area contributed by atoms with E-state index in [1.54, 1.807) is 6.08 Å². The lowest BCUT2D eigenvalue weighted by Crippen LogP contribution is -2.08. The molecule has 0 amide bonds. The molecule has 92 valence electrons. The summed E-state index contributed by atoms with van der Waals surface area (Å²) in [4.78, 5) is 23.3. The van der Waals surface area contributed by atoms with Crippen LogP contribution in [0.5, 0.6) is 0 Å². The number of ketones is 1.